The van der Waals surface area contributed by atoms with Crippen molar-refractivity contribution in [1.29, 1.82) is 0 Å². The van der Waals surface area contributed by atoms with Crippen LogP contribution in [0.2, 0.25) is 0 Å². The number of hydrogen-bond donors (Lipinski definition) is 1. The van der Waals surface area contributed by atoms with E-state index in [1.54, 1.807) is 28.4 Å². The van der Waals surface area contributed by atoms with Crippen LogP contribution in [-0.2, 0) is 24.3 Å². The van der Waals surface area contributed by atoms with Crippen LogP contribution in [0.5, 0.6) is 23.0 Å². The molecule has 1 N–H and O–H groups in total. The molecule has 0 aliphatic carbocycles. The SMILES string of the molecule is COc1ccc(OC)c(COC[C@@H](O)CN2CCc3cc(OC)c(OC)cc3C2)c1. The average molecular weight is 418 g/mol. The molecule has 164 valence electrons. The first-order chi connectivity index (χ1) is 14.6. The normalized spacial score (nSPS) is 14.7. The second-order valence-electron chi connectivity index (χ2n) is 7.31. The largest absolute Gasteiger partial charge is 0.497 e. The molecule has 2 aromatic carbocycles. The van der Waals surface area contributed by atoms with Gasteiger partial charge in [0.05, 0.1) is 47.8 Å². The van der Waals surface area contributed by atoms with E-state index >= 15 is 0 Å². The molecule has 2 aromatic rings. The molecular formula is C23H31NO6. The summed E-state index contributed by atoms with van der Waals surface area (Å²) in [5.41, 5.74) is 3.35. The summed E-state index contributed by atoms with van der Waals surface area (Å²) in [6.45, 7) is 2.77. The van der Waals surface area contributed by atoms with E-state index in [0.29, 0.717) is 13.2 Å². The van der Waals surface area contributed by atoms with Gasteiger partial charge in [0, 0.05) is 25.2 Å². The number of ether oxygens (including phenoxy) is 5. The quantitative estimate of drug-likeness (QED) is 0.637. The number of rotatable bonds is 10. The lowest BCUT2D eigenvalue weighted by molar-refractivity contribution is 0.00722. The molecule has 1 aliphatic rings. The van der Waals surface area contributed by atoms with Crippen LogP contribution in [0.1, 0.15) is 16.7 Å². The Labute approximate surface area is 178 Å². The fraction of sp³-hybridized carbons (Fsp3) is 0.478. The van der Waals surface area contributed by atoms with Gasteiger partial charge in [0.15, 0.2) is 11.5 Å². The summed E-state index contributed by atoms with van der Waals surface area (Å²) in [6.07, 6.45) is 0.327. The summed E-state index contributed by atoms with van der Waals surface area (Å²) in [6, 6.07) is 9.65. The molecule has 7 nitrogen and oxygen atoms in total. The average Bonchev–Trinajstić information content (AvgIpc) is 2.77. The highest BCUT2D eigenvalue weighted by Gasteiger charge is 2.21. The van der Waals surface area contributed by atoms with Gasteiger partial charge in [-0.25, -0.2) is 0 Å². The molecule has 0 bridgehead atoms. The van der Waals surface area contributed by atoms with E-state index in [4.69, 9.17) is 23.7 Å². The van der Waals surface area contributed by atoms with Crippen molar-refractivity contribution in [3.05, 3.63) is 47.0 Å². The highest BCUT2D eigenvalue weighted by atomic mass is 16.5. The number of aliphatic hydroxyl groups excluding tert-OH is 1. The minimum absolute atomic E-state index is 0.246. The zero-order valence-corrected chi connectivity index (χ0v) is 18.1. The summed E-state index contributed by atoms with van der Waals surface area (Å²) in [7, 11) is 6.54. The third-order valence-electron chi connectivity index (χ3n) is 5.32. The molecule has 1 heterocycles. The topological polar surface area (TPSA) is 69.6 Å². The molecule has 0 radical (unpaired) electrons. The van der Waals surface area contributed by atoms with E-state index in [1.165, 1.54) is 11.1 Å². The minimum atomic E-state index is -0.580. The molecule has 3 rings (SSSR count). The first-order valence-electron chi connectivity index (χ1n) is 10.0. The summed E-state index contributed by atoms with van der Waals surface area (Å²) in [4.78, 5) is 2.23. The molecule has 30 heavy (non-hydrogen) atoms. The highest BCUT2D eigenvalue weighted by molar-refractivity contribution is 5.48. The van der Waals surface area contributed by atoms with Crippen molar-refractivity contribution in [2.24, 2.45) is 0 Å². The van der Waals surface area contributed by atoms with Crippen molar-refractivity contribution in [2.75, 3.05) is 48.1 Å². The van der Waals surface area contributed by atoms with Crippen LogP contribution < -0.4 is 18.9 Å². The van der Waals surface area contributed by atoms with Crippen LogP contribution in [0.25, 0.3) is 0 Å². The zero-order valence-electron chi connectivity index (χ0n) is 18.1. The van der Waals surface area contributed by atoms with Gasteiger partial charge >= 0.3 is 0 Å². The lowest BCUT2D eigenvalue weighted by Crippen LogP contribution is -2.38. The lowest BCUT2D eigenvalue weighted by Gasteiger charge is -2.31. The maximum atomic E-state index is 10.5. The number of fused-ring (bicyclic) bond motifs is 1. The van der Waals surface area contributed by atoms with Crippen LogP contribution in [0.3, 0.4) is 0 Å². The monoisotopic (exact) mass is 417 g/mol. The molecule has 0 saturated heterocycles. The first kappa shape index (κ1) is 22.2. The van der Waals surface area contributed by atoms with Crippen molar-refractivity contribution in [2.45, 2.75) is 25.7 Å². The molecule has 0 saturated carbocycles. The van der Waals surface area contributed by atoms with Crippen molar-refractivity contribution in [3.63, 3.8) is 0 Å². The predicted molar refractivity (Wildman–Crippen MR) is 114 cm³/mol. The summed E-state index contributed by atoms with van der Waals surface area (Å²) in [5, 5.41) is 10.5. The van der Waals surface area contributed by atoms with Crippen LogP contribution in [0.4, 0.5) is 0 Å². The van der Waals surface area contributed by atoms with Gasteiger partial charge in [-0.3, -0.25) is 4.90 Å². The molecule has 1 aliphatic heterocycles. The Bertz CT molecular complexity index is 841. The predicted octanol–water partition coefficient (Wildman–Crippen LogP) is 2.66. The van der Waals surface area contributed by atoms with Crippen molar-refractivity contribution in [3.8, 4) is 23.0 Å². The lowest BCUT2D eigenvalue weighted by atomic mass is 9.98. The number of hydrogen-bond acceptors (Lipinski definition) is 7. The minimum Gasteiger partial charge on any atom is -0.497 e. The van der Waals surface area contributed by atoms with Gasteiger partial charge in [-0.05, 0) is 47.9 Å². The molecule has 0 aromatic heterocycles. The number of β-amino-alcohol motifs (C(OH)–C–C–N with tert-alkyl or cyclic N) is 1. The molecule has 0 amide bonds. The Kier molecular flexibility index (Phi) is 7.79. The van der Waals surface area contributed by atoms with Gasteiger partial charge in [0.2, 0.25) is 0 Å². The second-order valence-corrected chi connectivity index (χ2v) is 7.31. The maximum Gasteiger partial charge on any atom is 0.161 e. The standard InChI is InChI=1S/C23H31NO6/c1-26-20-5-6-21(27-2)18(9-20)14-30-15-19(25)13-24-8-7-16-10-22(28-3)23(29-4)11-17(16)12-24/h5-6,9-11,19,25H,7-8,12-15H2,1-4H3/t19-/m0/s1. The van der Waals surface area contributed by atoms with Crippen LogP contribution in [0.15, 0.2) is 30.3 Å². The van der Waals surface area contributed by atoms with E-state index in [9.17, 15) is 5.11 Å². The van der Waals surface area contributed by atoms with E-state index in [1.807, 2.05) is 30.3 Å². The Morgan fingerprint density at radius 1 is 0.900 bits per heavy atom. The van der Waals surface area contributed by atoms with Crippen LogP contribution in [-0.4, -0.2) is 64.2 Å². The Morgan fingerprint density at radius 3 is 2.27 bits per heavy atom. The van der Waals surface area contributed by atoms with Gasteiger partial charge in [0.1, 0.15) is 11.5 Å². The molecular weight excluding hydrogens is 386 g/mol. The Morgan fingerprint density at radius 2 is 1.60 bits per heavy atom. The van der Waals surface area contributed by atoms with Crippen molar-refractivity contribution in [1.82, 2.24) is 4.90 Å². The number of methoxy groups -OCH3 is 4. The zero-order chi connectivity index (χ0) is 21.5. The Hall–Kier alpha value is -2.48. The van der Waals surface area contributed by atoms with E-state index < -0.39 is 6.10 Å². The van der Waals surface area contributed by atoms with Crippen molar-refractivity contribution < 1.29 is 28.8 Å². The van der Waals surface area contributed by atoms with Gasteiger partial charge in [-0.1, -0.05) is 0 Å². The molecule has 0 spiro atoms. The fourth-order valence-corrected chi connectivity index (χ4v) is 3.75. The van der Waals surface area contributed by atoms with E-state index in [-0.39, 0.29) is 6.61 Å². The third-order valence-corrected chi connectivity index (χ3v) is 5.32. The van der Waals surface area contributed by atoms with Gasteiger partial charge in [-0.15, -0.1) is 0 Å². The van der Waals surface area contributed by atoms with Gasteiger partial charge in [-0.2, -0.15) is 0 Å². The smallest absolute Gasteiger partial charge is 0.161 e. The van der Waals surface area contributed by atoms with Gasteiger partial charge < -0.3 is 28.8 Å². The molecule has 0 fully saturated rings. The fourth-order valence-electron chi connectivity index (χ4n) is 3.75. The van der Waals surface area contributed by atoms with Crippen LogP contribution >= 0.6 is 0 Å². The number of benzene rings is 2. The number of nitrogens with zero attached hydrogens (tertiary/aromatic N) is 1. The third kappa shape index (κ3) is 5.36. The summed E-state index contributed by atoms with van der Waals surface area (Å²) >= 11 is 0. The molecule has 7 heteroatoms. The summed E-state index contributed by atoms with van der Waals surface area (Å²) in [5.74, 6) is 2.97. The molecule has 1 atom stereocenters. The highest BCUT2D eigenvalue weighted by Crippen LogP contribution is 2.33. The maximum absolute atomic E-state index is 10.5. The second kappa shape index (κ2) is 10.5. The number of aliphatic hydroxyl groups is 1. The summed E-state index contributed by atoms with van der Waals surface area (Å²) < 4.78 is 27.2. The Balaban J connectivity index is 1.52. The van der Waals surface area contributed by atoms with Crippen molar-refractivity contribution >= 4 is 0 Å². The van der Waals surface area contributed by atoms with E-state index in [0.717, 1.165) is 48.1 Å². The molecule has 0 unspecified atom stereocenters. The van der Waals surface area contributed by atoms with Gasteiger partial charge in [0.25, 0.3) is 0 Å². The first-order valence-corrected chi connectivity index (χ1v) is 10.0. The van der Waals surface area contributed by atoms with E-state index in [2.05, 4.69) is 4.90 Å². The van der Waals surface area contributed by atoms with Crippen LogP contribution in [0, 0.1) is 0 Å².